The number of nitrogens with zero attached hydrogens (tertiary/aromatic N) is 3. The van der Waals surface area contributed by atoms with E-state index in [4.69, 9.17) is 0 Å². The maximum atomic E-state index is 4.00. The third-order valence-corrected chi connectivity index (χ3v) is 3.12. The van der Waals surface area contributed by atoms with E-state index in [1.165, 1.54) is 5.69 Å². The number of aromatic nitrogens is 3. The van der Waals surface area contributed by atoms with Crippen LogP contribution in [0.15, 0.2) is 4.60 Å². The van der Waals surface area contributed by atoms with Crippen molar-refractivity contribution in [2.45, 2.75) is 39.2 Å². The topological polar surface area (TPSA) is 42.7 Å². The molecule has 0 saturated heterocycles. The second kappa shape index (κ2) is 5.61. The molecule has 0 aliphatic rings. The molecule has 0 aromatic carbocycles. The summed E-state index contributed by atoms with van der Waals surface area (Å²) in [6.45, 7) is 7.55. The third kappa shape index (κ3) is 3.28. The number of hydrogen-bond donors (Lipinski definition) is 1. The Balaban J connectivity index is 2.64. The molecule has 86 valence electrons. The first kappa shape index (κ1) is 12.6. The van der Waals surface area contributed by atoms with Gasteiger partial charge < -0.3 is 5.32 Å². The van der Waals surface area contributed by atoms with E-state index in [0.29, 0.717) is 12.0 Å². The second-order valence-corrected chi connectivity index (χ2v) is 4.74. The van der Waals surface area contributed by atoms with Crippen LogP contribution in [0.4, 0.5) is 0 Å². The molecular weight excluding hydrogens is 256 g/mol. The number of nitrogens with one attached hydrogen (secondary N) is 1. The Labute approximate surface area is 99.6 Å². The molecule has 0 fully saturated rings. The van der Waals surface area contributed by atoms with Gasteiger partial charge in [-0.2, -0.15) is 0 Å². The van der Waals surface area contributed by atoms with E-state index in [0.717, 1.165) is 17.6 Å². The van der Waals surface area contributed by atoms with Gasteiger partial charge in [0.2, 0.25) is 0 Å². The lowest BCUT2D eigenvalue weighted by atomic mass is 10.00. The average molecular weight is 275 g/mol. The van der Waals surface area contributed by atoms with Crippen molar-refractivity contribution in [3.63, 3.8) is 0 Å². The second-order valence-electron chi connectivity index (χ2n) is 3.98. The third-order valence-electron chi connectivity index (χ3n) is 2.55. The first-order valence-electron chi connectivity index (χ1n) is 5.34. The fraction of sp³-hybridized carbons (Fsp3) is 0.800. The molecule has 2 unspecified atom stereocenters. The molecule has 1 rings (SSSR count). The molecule has 1 aromatic rings. The molecule has 0 amide bonds. The van der Waals surface area contributed by atoms with E-state index in [9.17, 15) is 0 Å². The van der Waals surface area contributed by atoms with Crippen molar-refractivity contribution in [1.82, 2.24) is 20.3 Å². The maximum Gasteiger partial charge on any atom is 0.151 e. The minimum absolute atomic E-state index is 0.452. The predicted molar refractivity (Wildman–Crippen MR) is 64.9 cm³/mol. The molecule has 1 aromatic heterocycles. The Morgan fingerprint density at radius 1 is 1.47 bits per heavy atom. The molecule has 2 atom stereocenters. The lowest BCUT2D eigenvalue weighted by molar-refractivity contribution is 0.474. The quantitative estimate of drug-likeness (QED) is 0.894. The fourth-order valence-corrected chi connectivity index (χ4v) is 2.65. The van der Waals surface area contributed by atoms with Crippen LogP contribution in [-0.4, -0.2) is 27.6 Å². The monoisotopic (exact) mass is 274 g/mol. The van der Waals surface area contributed by atoms with Crippen LogP contribution in [0.3, 0.4) is 0 Å². The van der Waals surface area contributed by atoms with Crippen LogP contribution in [0.5, 0.6) is 0 Å². The normalized spacial score (nSPS) is 15.3. The van der Waals surface area contributed by atoms with E-state index in [2.05, 4.69) is 52.3 Å². The molecule has 0 aliphatic heterocycles. The average Bonchev–Trinajstić information content (AvgIpc) is 2.46. The van der Waals surface area contributed by atoms with Crippen LogP contribution in [-0.2, 0) is 7.05 Å². The van der Waals surface area contributed by atoms with Crippen molar-refractivity contribution in [2.75, 3.05) is 6.54 Å². The summed E-state index contributed by atoms with van der Waals surface area (Å²) in [7, 11) is 1.93. The van der Waals surface area contributed by atoms with E-state index in [-0.39, 0.29) is 0 Å². The van der Waals surface area contributed by atoms with Crippen LogP contribution in [0.2, 0.25) is 0 Å². The molecule has 5 heteroatoms. The van der Waals surface area contributed by atoms with Gasteiger partial charge >= 0.3 is 0 Å². The van der Waals surface area contributed by atoms with Gasteiger partial charge in [0.05, 0.1) is 5.69 Å². The number of halogens is 1. The van der Waals surface area contributed by atoms with Crippen molar-refractivity contribution < 1.29 is 0 Å². The van der Waals surface area contributed by atoms with Crippen LogP contribution in [0.1, 0.15) is 38.8 Å². The van der Waals surface area contributed by atoms with Gasteiger partial charge in [-0.05, 0) is 35.8 Å². The smallest absolute Gasteiger partial charge is 0.151 e. The summed E-state index contributed by atoms with van der Waals surface area (Å²) in [5.74, 6) is 0.452. The minimum atomic E-state index is 0.452. The largest absolute Gasteiger partial charge is 0.315 e. The zero-order chi connectivity index (χ0) is 11.4. The highest BCUT2D eigenvalue weighted by Gasteiger charge is 2.17. The van der Waals surface area contributed by atoms with Crippen molar-refractivity contribution in [2.24, 2.45) is 7.05 Å². The molecule has 0 saturated carbocycles. The summed E-state index contributed by atoms with van der Waals surface area (Å²) < 4.78 is 2.70. The summed E-state index contributed by atoms with van der Waals surface area (Å²) >= 11 is 3.43. The van der Waals surface area contributed by atoms with Crippen LogP contribution in [0.25, 0.3) is 0 Å². The summed E-state index contributed by atoms with van der Waals surface area (Å²) in [5, 5.41) is 11.4. The van der Waals surface area contributed by atoms with E-state index in [1.54, 1.807) is 0 Å². The summed E-state index contributed by atoms with van der Waals surface area (Å²) in [4.78, 5) is 0. The Kier molecular flexibility index (Phi) is 4.73. The van der Waals surface area contributed by atoms with Crippen LogP contribution in [0, 0.1) is 0 Å². The molecular formula is C10H19BrN4. The first-order chi connectivity index (χ1) is 7.06. The standard InChI is InChI=1S/C10H19BrN4/c1-5-12-8(3)6-7(2)9-10(11)13-14-15(9)4/h7-8,12H,5-6H2,1-4H3. The highest BCUT2D eigenvalue weighted by atomic mass is 79.9. The zero-order valence-electron chi connectivity index (χ0n) is 9.79. The highest BCUT2D eigenvalue weighted by molar-refractivity contribution is 9.10. The van der Waals surface area contributed by atoms with Crippen molar-refractivity contribution in [3.8, 4) is 0 Å². The molecule has 0 radical (unpaired) electrons. The Hall–Kier alpha value is -0.420. The van der Waals surface area contributed by atoms with E-state index < -0.39 is 0 Å². The van der Waals surface area contributed by atoms with Crippen molar-refractivity contribution in [1.29, 1.82) is 0 Å². The summed E-state index contributed by atoms with van der Waals surface area (Å²) in [5.41, 5.74) is 1.17. The molecule has 0 aliphatic carbocycles. The Morgan fingerprint density at radius 3 is 2.60 bits per heavy atom. The van der Waals surface area contributed by atoms with E-state index >= 15 is 0 Å². The lowest BCUT2D eigenvalue weighted by Gasteiger charge is -2.17. The van der Waals surface area contributed by atoms with E-state index in [1.807, 2.05) is 11.7 Å². The van der Waals surface area contributed by atoms with Crippen molar-refractivity contribution in [3.05, 3.63) is 10.3 Å². The number of hydrogen-bond acceptors (Lipinski definition) is 3. The fourth-order valence-electron chi connectivity index (χ4n) is 1.94. The van der Waals surface area contributed by atoms with Gasteiger partial charge in [-0.3, -0.25) is 4.68 Å². The SMILES string of the molecule is CCNC(C)CC(C)c1c(Br)nnn1C. The van der Waals surface area contributed by atoms with Crippen LogP contribution < -0.4 is 5.32 Å². The van der Waals surface area contributed by atoms with Crippen LogP contribution >= 0.6 is 15.9 Å². The summed E-state index contributed by atoms with van der Waals surface area (Å²) in [6.07, 6.45) is 1.09. The van der Waals surface area contributed by atoms with Gasteiger partial charge in [-0.1, -0.05) is 19.1 Å². The predicted octanol–water partition coefficient (Wildman–Crippen LogP) is 2.07. The summed E-state index contributed by atoms with van der Waals surface area (Å²) in [6, 6.07) is 0.520. The number of rotatable bonds is 5. The van der Waals surface area contributed by atoms with Gasteiger partial charge in [-0.25, -0.2) is 0 Å². The molecule has 4 nitrogen and oxygen atoms in total. The first-order valence-corrected chi connectivity index (χ1v) is 6.14. The molecule has 0 bridgehead atoms. The van der Waals surface area contributed by atoms with Gasteiger partial charge in [0, 0.05) is 19.0 Å². The molecule has 0 spiro atoms. The Bertz CT molecular complexity index is 291. The number of aryl methyl sites for hydroxylation is 1. The molecule has 15 heavy (non-hydrogen) atoms. The van der Waals surface area contributed by atoms with Gasteiger partial charge in [0.25, 0.3) is 0 Å². The minimum Gasteiger partial charge on any atom is -0.315 e. The highest BCUT2D eigenvalue weighted by Crippen LogP contribution is 2.25. The lowest BCUT2D eigenvalue weighted by Crippen LogP contribution is -2.27. The molecule has 1 N–H and O–H groups in total. The van der Waals surface area contributed by atoms with Gasteiger partial charge in [0.1, 0.15) is 0 Å². The van der Waals surface area contributed by atoms with Gasteiger partial charge in [0.15, 0.2) is 4.60 Å². The van der Waals surface area contributed by atoms with Crippen molar-refractivity contribution >= 4 is 15.9 Å². The van der Waals surface area contributed by atoms with Gasteiger partial charge in [-0.15, -0.1) is 5.10 Å². The zero-order valence-corrected chi connectivity index (χ0v) is 11.4. The maximum absolute atomic E-state index is 4.00. The molecule has 1 heterocycles. The Morgan fingerprint density at radius 2 is 2.13 bits per heavy atom.